The summed E-state index contributed by atoms with van der Waals surface area (Å²) in [5.74, 6) is -0.848. The first-order chi connectivity index (χ1) is 13.8. The van der Waals surface area contributed by atoms with Gasteiger partial charge in [0, 0.05) is 22.6 Å². The lowest BCUT2D eigenvalue weighted by atomic mass is 9.94. The van der Waals surface area contributed by atoms with Gasteiger partial charge in [-0.15, -0.1) is 23.5 Å². The van der Waals surface area contributed by atoms with E-state index in [-0.39, 0.29) is 0 Å². The number of aliphatic hydroxyl groups is 2. The second kappa shape index (κ2) is 9.86. The first-order valence-electron chi connectivity index (χ1n) is 9.79. The summed E-state index contributed by atoms with van der Waals surface area (Å²) in [5.41, 5.74) is 2.08. The molecule has 1 heterocycles. The summed E-state index contributed by atoms with van der Waals surface area (Å²) in [6.07, 6.45) is 2.22. The Morgan fingerprint density at radius 1 is 0.828 bits per heavy atom. The summed E-state index contributed by atoms with van der Waals surface area (Å²) in [7, 11) is 0. The minimum absolute atomic E-state index is 0.448. The Kier molecular flexibility index (Phi) is 7.70. The normalized spacial score (nSPS) is 23.1. The number of benzene rings is 2. The first-order valence-corrected chi connectivity index (χ1v) is 12.2. The zero-order valence-corrected chi connectivity index (χ0v) is 19.0. The third-order valence-corrected chi connectivity index (χ3v) is 6.53. The van der Waals surface area contributed by atoms with Crippen LogP contribution in [0.2, 0.25) is 0 Å². The number of hydrogen-bond acceptors (Lipinski definition) is 6. The number of thioether (sulfide) groups is 2. The lowest BCUT2D eigenvalue weighted by Crippen LogP contribution is -2.44. The predicted octanol–water partition coefficient (Wildman–Crippen LogP) is 4.16. The van der Waals surface area contributed by atoms with Gasteiger partial charge in [0.1, 0.15) is 12.2 Å². The lowest BCUT2D eigenvalue weighted by Gasteiger charge is -2.26. The van der Waals surface area contributed by atoms with E-state index in [4.69, 9.17) is 9.47 Å². The van der Waals surface area contributed by atoms with E-state index < -0.39 is 30.2 Å². The molecule has 3 rings (SSSR count). The highest BCUT2D eigenvalue weighted by Gasteiger charge is 2.47. The molecule has 4 atom stereocenters. The Bertz CT molecular complexity index is 745. The zero-order chi connectivity index (χ0) is 21.0. The molecule has 1 saturated heterocycles. The average Bonchev–Trinajstić information content (AvgIpc) is 3.04. The van der Waals surface area contributed by atoms with Crippen molar-refractivity contribution in [3.05, 3.63) is 59.7 Å². The third-order valence-electron chi connectivity index (χ3n) is 5.08. The summed E-state index contributed by atoms with van der Waals surface area (Å²) in [6, 6.07) is 16.3. The van der Waals surface area contributed by atoms with Crippen molar-refractivity contribution < 1.29 is 19.7 Å². The van der Waals surface area contributed by atoms with E-state index in [1.54, 1.807) is 23.5 Å². The Morgan fingerprint density at radius 2 is 1.24 bits per heavy atom. The van der Waals surface area contributed by atoms with Crippen LogP contribution in [0.25, 0.3) is 0 Å². The topological polar surface area (TPSA) is 58.9 Å². The second-order valence-electron chi connectivity index (χ2n) is 7.81. The summed E-state index contributed by atoms with van der Waals surface area (Å²) in [4.78, 5) is 2.31. The van der Waals surface area contributed by atoms with Crippen molar-refractivity contribution in [2.24, 2.45) is 0 Å². The highest BCUT2D eigenvalue weighted by Crippen LogP contribution is 2.34. The van der Waals surface area contributed by atoms with Crippen LogP contribution in [0.1, 0.15) is 25.0 Å². The van der Waals surface area contributed by atoms with E-state index in [2.05, 4.69) is 12.1 Å². The molecule has 2 aromatic carbocycles. The fourth-order valence-corrected chi connectivity index (χ4v) is 4.69. The zero-order valence-electron chi connectivity index (χ0n) is 17.4. The first kappa shape index (κ1) is 22.7. The van der Waals surface area contributed by atoms with Crippen molar-refractivity contribution in [3.63, 3.8) is 0 Å². The van der Waals surface area contributed by atoms with Gasteiger partial charge >= 0.3 is 0 Å². The SMILES string of the molecule is CSc1cccc(C[C@H](O)[C@@H]2OC(C)(C)O[C@H]2[C@@H](O)Cc2cccc(SC)c2)c1. The van der Waals surface area contributed by atoms with Gasteiger partial charge < -0.3 is 19.7 Å². The summed E-state index contributed by atoms with van der Waals surface area (Å²) in [5, 5.41) is 21.9. The van der Waals surface area contributed by atoms with Crippen LogP contribution in [0, 0.1) is 0 Å². The van der Waals surface area contributed by atoms with E-state index in [0.717, 1.165) is 20.9 Å². The molecular weight excluding hydrogens is 404 g/mol. The Hall–Kier alpha value is -1.02. The fourth-order valence-electron chi connectivity index (χ4n) is 3.73. The molecule has 6 heteroatoms. The van der Waals surface area contributed by atoms with Gasteiger partial charge in [0.2, 0.25) is 0 Å². The second-order valence-corrected chi connectivity index (χ2v) is 9.57. The number of hydrogen-bond donors (Lipinski definition) is 2. The van der Waals surface area contributed by atoms with Crippen molar-refractivity contribution in [2.75, 3.05) is 12.5 Å². The number of rotatable bonds is 8. The lowest BCUT2D eigenvalue weighted by molar-refractivity contribution is -0.160. The van der Waals surface area contributed by atoms with Gasteiger partial charge in [-0.3, -0.25) is 0 Å². The van der Waals surface area contributed by atoms with Crippen molar-refractivity contribution in [1.29, 1.82) is 0 Å². The molecule has 1 aliphatic heterocycles. The van der Waals surface area contributed by atoms with E-state index in [9.17, 15) is 10.2 Å². The molecule has 0 amide bonds. The smallest absolute Gasteiger partial charge is 0.164 e. The Balaban J connectivity index is 1.73. The van der Waals surface area contributed by atoms with Gasteiger partial charge in [-0.05, 0) is 61.8 Å². The average molecular weight is 435 g/mol. The van der Waals surface area contributed by atoms with Crippen LogP contribution in [0.15, 0.2) is 58.3 Å². The molecule has 4 nitrogen and oxygen atoms in total. The molecule has 2 aromatic rings. The van der Waals surface area contributed by atoms with Crippen molar-refractivity contribution in [1.82, 2.24) is 0 Å². The maximum atomic E-state index is 10.9. The highest BCUT2D eigenvalue weighted by molar-refractivity contribution is 7.98. The van der Waals surface area contributed by atoms with Crippen LogP contribution in [-0.2, 0) is 22.3 Å². The molecule has 0 aliphatic carbocycles. The van der Waals surface area contributed by atoms with Crippen LogP contribution in [0.5, 0.6) is 0 Å². The molecule has 2 N–H and O–H groups in total. The summed E-state index contributed by atoms with van der Waals surface area (Å²) < 4.78 is 12.0. The molecule has 0 aromatic heterocycles. The van der Waals surface area contributed by atoms with Crippen molar-refractivity contribution in [2.45, 2.75) is 66.7 Å². The van der Waals surface area contributed by atoms with Gasteiger partial charge in [0.15, 0.2) is 5.79 Å². The minimum atomic E-state index is -0.848. The van der Waals surface area contributed by atoms with Gasteiger partial charge in [-0.2, -0.15) is 0 Å². The summed E-state index contributed by atoms with van der Waals surface area (Å²) in [6.45, 7) is 3.64. The standard InChI is InChI=1S/C23H30O4S2/c1-23(2)26-21(19(24)13-15-7-5-9-17(11-15)28-3)22(27-23)20(25)14-16-8-6-10-18(12-16)29-4/h5-12,19-22,24-25H,13-14H2,1-4H3/t19-,20-,21-,22-/m0/s1. The number of aliphatic hydroxyl groups excluding tert-OH is 2. The molecular formula is C23H30O4S2. The van der Waals surface area contributed by atoms with E-state index >= 15 is 0 Å². The largest absolute Gasteiger partial charge is 0.390 e. The molecule has 1 aliphatic rings. The number of ether oxygens (including phenoxy) is 2. The molecule has 0 unspecified atom stereocenters. The van der Waals surface area contributed by atoms with Gasteiger partial charge in [0.25, 0.3) is 0 Å². The predicted molar refractivity (Wildman–Crippen MR) is 120 cm³/mol. The fraction of sp³-hybridized carbons (Fsp3) is 0.478. The quantitative estimate of drug-likeness (QED) is 0.609. The van der Waals surface area contributed by atoms with Gasteiger partial charge in [-0.1, -0.05) is 24.3 Å². The maximum Gasteiger partial charge on any atom is 0.164 e. The molecule has 0 bridgehead atoms. The van der Waals surface area contributed by atoms with E-state index in [0.29, 0.717) is 12.8 Å². The molecule has 1 fully saturated rings. The Labute approximate surface area is 182 Å². The Morgan fingerprint density at radius 3 is 1.62 bits per heavy atom. The highest BCUT2D eigenvalue weighted by atomic mass is 32.2. The van der Waals surface area contributed by atoms with Crippen LogP contribution < -0.4 is 0 Å². The van der Waals surface area contributed by atoms with Gasteiger partial charge in [0.05, 0.1) is 12.2 Å². The maximum absolute atomic E-state index is 10.9. The van der Waals surface area contributed by atoms with Crippen LogP contribution in [0.3, 0.4) is 0 Å². The van der Waals surface area contributed by atoms with Gasteiger partial charge in [-0.25, -0.2) is 0 Å². The monoisotopic (exact) mass is 434 g/mol. The third kappa shape index (κ3) is 6.00. The van der Waals surface area contributed by atoms with Crippen LogP contribution in [-0.4, -0.2) is 52.9 Å². The molecule has 29 heavy (non-hydrogen) atoms. The minimum Gasteiger partial charge on any atom is -0.390 e. The van der Waals surface area contributed by atoms with Crippen molar-refractivity contribution in [3.8, 4) is 0 Å². The van der Waals surface area contributed by atoms with Crippen molar-refractivity contribution >= 4 is 23.5 Å². The molecule has 0 saturated carbocycles. The molecule has 158 valence electrons. The molecule has 0 radical (unpaired) electrons. The van der Waals surface area contributed by atoms with E-state index in [1.807, 2.05) is 62.8 Å². The molecule has 0 spiro atoms. The van der Waals surface area contributed by atoms with Crippen LogP contribution in [0.4, 0.5) is 0 Å². The van der Waals surface area contributed by atoms with Crippen LogP contribution >= 0.6 is 23.5 Å². The summed E-state index contributed by atoms with van der Waals surface area (Å²) >= 11 is 3.34. The van der Waals surface area contributed by atoms with E-state index in [1.165, 1.54) is 0 Å².